The molecule has 0 saturated carbocycles. The molecule has 30 heavy (non-hydrogen) atoms. The molecular formula is C21H24F2N2O4S. The quantitative estimate of drug-likeness (QED) is 0.726. The van der Waals surface area contributed by atoms with Gasteiger partial charge in [-0.05, 0) is 55.2 Å². The van der Waals surface area contributed by atoms with Gasteiger partial charge in [-0.25, -0.2) is 17.2 Å². The van der Waals surface area contributed by atoms with Crippen LogP contribution in [0.4, 0.5) is 8.78 Å². The fourth-order valence-corrected chi connectivity index (χ4v) is 4.93. The highest BCUT2D eigenvalue weighted by Gasteiger charge is 2.27. The molecule has 162 valence electrons. The molecule has 2 aromatic carbocycles. The van der Waals surface area contributed by atoms with Crippen molar-refractivity contribution in [3.05, 3.63) is 64.7 Å². The first-order valence-corrected chi connectivity index (χ1v) is 11.2. The van der Waals surface area contributed by atoms with Crippen molar-refractivity contribution in [3.63, 3.8) is 0 Å². The average molecular weight is 438 g/mol. The molecule has 1 saturated heterocycles. The number of hydrogen-bond acceptors (Lipinski definition) is 4. The van der Waals surface area contributed by atoms with Gasteiger partial charge in [0.15, 0.2) is 11.6 Å². The molecule has 9 heteroatoms. The lowest BCUT2D eigenvalue weighted by Crippen LogP contribution is -2.36. The van der Waals surface area contributed by atoms with E-state index in [9.17, 15) is 27.1 Å². The van der Waals surface area contributed by atoms with E-state index in [0.717, 1.165) is 31.4 Å². The lowest BCUT2D eigenvalue weighted by atomic mass is 10.1. The van der Waals surface area contributed by atoms with E-state index in [-0.39, 0.29) is 22.6 Å². The number of aryl methyl sites for hydroxylation is 1. The van der Waals surface area contributed by atoms with Gasteiger partial charge in [0.1, 0.15) is 0 Å². The van der Waals surface area contributed by atoms with Crippen molar-refractivity contribution < 1.29 is 27.1 Å². The second-order valence-electron chi connectivity index (χ2n) is 7.34. The fraction of sp³-hybridized carbons (Fsp3) is 0.381. The van der Waals surface area contributed by atoms with E-state index in [1.54, 1.807) is 13.0 Å². The highest BCUT2D eigenvalue weighted by atomic mass is 32.2. The number of hydrogen-bond donors (Lipinski definition) is 2. The second-order valence-corrected chi connectivity index (χ2v) is 9.28. The molecule has 1 amide bonds. The molecule has 0 bridgehead atoms. The Morgan fingerprint density at radius 1 is 1.10 bits per heavy atom. The number of rotatable bonds is 6. The van der Waals surface area contributed by atoms with Crippen molar-refractivity contribution in [3.8, 4) is 0 Å². The summed E-state index contributed by atoms with van der Waals surface area (Å²) in [5.41, 5.74) is 0.866. The molecule has 3 rings (SSSR count). The van der Waals surface area contributed by atoms with Crippen LogP contribution in [0.3, 0.4) is 0 Å². The van der Waals surface area contributed by atoms with Gasteiger partial charge in [0.05, 0.1) is 11.0 Å². The molecular weight excluding hydrogens is 414 g/mol. The van der Waals surface area contributed by atoms with Gasteiger partial charge in [-0.3, -0.25) is 4.79 Å². The molecule has 2 N–H and O–H groups in total. The van der Waals surface area contributed by atoms with Crippen LogP contribution in [0.5, 0.6) is 0 Å². The molecule has 1 atom stereocenters. The zero-order chi connectivity index (χ0) is 21.9. The number of sulfonamides is 1. The number of piperidine rings is 1. The van der Waals surface area contributed by atoms with Gasteiger partial charge < -0.3 is 10.4 Å². The first kappa shape index (κ1) is 22.3. The van der Waals surface area contributed by atoms with E-state index in [2.05, 4.69) is 5.32 Å². The van der Waals surface area contributed by atoms with E-state index < -0.39 is 33.7 Å². The van der Waals surface area contributed by atoms with Crippen molar-refractivity contribution in [2.75, 3.05) is 19.6 Å². The van der Waals surface area contributed by atoms with Gasteiger partial charge in [-0.2, -0.15) is 4.31 Å². The van der Waals surface area contributed by atoms with Gasteiger partial charge in [-0.15, -0.1) is 0 Å². The standard InChI is InChI=1S/C21H24F2N2O4S/c1-14-5-7-16(30(28,29)25-9-3-2-4-10-25)12-17(14)21(27)24-13-20(26)15-6-8-18(22)19(23)11-15/h5-8,11-12,20,26H,2-4,9-10,13H2,1H3,(H,24,27). The van der Waals surface area contributed by atoms with Gasteiger partial charge in [0.25, 0.3) is 5.91 Å². The lowest BCUT2D eigenvalue weighted by Gasteiger charge is -2.26. The van der Waals surface area contributed by atoms with Crippen LogP contribution in [0.1, 0.15) is 46.9 Å². The first-order valence-electron chi connectivity index (χ1n) is 9.72. The summed E-state index contributed by atoms with van der Waals surface area (Å²) < 4.78 is 53.5. The van der Waals surface area contributed by atoms with Gasteiger partial charge in [-0.1, -0.05) is 18.6 Å². The Bertz CT molecular complexity index is 1040. The minimum atomic E-state index is -3.69. The molecule has 0 radical (unpaired) electrons. The zero-order valence-electron chi connectivity index (χ0n) is 16.6. The summed E-state index contributed by atoms with van der Waals surface area (Å²) in [5.74, 6) is -2.69. The van der Waals surface area contributed by atoms with Crippen molar-refractivity contribution in [1.82, 2.24) is 9.62 Å². The summed E-state index contributed by atoms with van der Waals surface area (Å²) in [7, 11) is -3.69. The molecule has 6 nitrogen and oxygen atoms in total. The summed E-state index contributed by atoms with van der Waals surface area (Å²) in [5, 5.41) is 12.7. The maximum absolute atomic E-state index is 13.3. The molecule has 1 heterocycles. The summed E-state index contributed by atoms with van der Waals surface area (Å²) in [4.78, 5) is 12.7. The van der Waals surface area contributed by atoms with Crippen LogP contribution in [-0.2, 0) is 10.0 Å². The lowest BCUT2D eigenvalue weighted by molar-refractivity contribution is 0.0915. The third-order valence-corrected chi connectivity index (χ3v) is 7.09. The monoisotopic (exact) mass is 438 g/mol. The van der Waals surface area contributed by atoms with Crippen LogP contribution in [0.2, 0.25) is 0 Å². The van der Waals surface area contributed by atoms with Crippen molar-refractivity contribution >= 4 is 15.9 Å². The molecule has 1 fully saturated rings. The van der Waals surface area contributed by atoms with Crippen LogP contribution >= 0.6 is 0 Å². The number of carbonyl (C=O) groups is 1. The van der Waals surface area contributed by atoms with E-state index in [4.69, 9.17) is 0 Å². The van der Waals surface area contributed by atoms with Crippen LogP contribution in [0, 0.1) is 18.6 Å². The zero-order valence-corrected chi connectivity index (χ0v) is 17.4. The van der Waals surface area contributed by atoms with Gasteiger partial charge in [0, 0.05) is 25.2 Å². The number of carbonyl (C=O) groups excluding carboxylic acids is 1. The maximum Gasteiger partial charge on any atom is 0.251 e. The molecule has 1 aliphatic heterocycles. The average Bonchev–Trinajstić information content (AvgIpc) is 2.74. The smallest absolute Gasteiger partial charge is 0.251 e. The Kier molecular flexibility index (Phi) is 6.84. The van der Waals surface area contributed by atoms with E-state index in [0.29, 0.717) is 18.7 Å². The predicted molar refractivity (Wildman–Crippen MR) is 107 cm³/mol. The van der Waals surface area contributed by atoms with E-state index >= 15 is 0 Å². The number of nitrogens with zero attached hydrogens (tertiary/aromatic N) is 1. The minimum absolute atomic E-state index is 0.0429. The highest BCUT2D eigenvalue weighted by Crippen LogP contribution is 2.23. The van der Waals surface area contributed by atoms with Crippen LogP contribution < -0.4 is 5.32 Å². The van der Waals surface area contributed by atoms with Crippen molar-refractivity contribution in [2.24, 2.45) is 0 Å². The number of benzene rings is 2. The minimum Gasteiger partial charge on any atom is -0.387 e. The SMILES string of the molecule is Cc1ccc(S(=O)(=O)N2CCCCC2)cc1C(=O)NCC(O)c1ccc(F)c(F)c1. The highest BCUT2D eigenvalue weighted by molar-refractivity contribution is 7.89. The Labute approximate surface area is 174 Å². The Morgan fingerprint density at radius 3 is 2.47 bits per heavy atom. The third kappa shape index (κ3) is 4.85. The molecule has 0 aromatic heterocycles. The number of halogens is 2. The third-order valence-electron chi connectivity index (χ3n) is 5.19. The Morgan fingerprint density at radius 2 is 1.80 bits per heavy atom. The number of aliphatic hydroxyl groups excluding tert-OH is 1. The summed E-state index contributed by atoms with van der Waals surface area (Å²) in [6.45, 7) is 2.35. The molecule has 0 spiro atoms. The molecule has 2 aromatic rings. The summed E-state index contributed by atoms with van der Waals surface area (Å²) >= 11 is 0. The molecule has 1 unspecified atom stereocenters. The Balaban J connectivity index is 1.74. The molecule has 1 aliphatic rings. The number of nitrogens with one attached hydrogen (secondary N) is 1. The normalized spacial score (nSPS) is 16.3. The van der Waals surface area contributed by atoms with Gasteiger partial charge >= 0.3 is 0 Å². The molecule has 0 aliphatic carbocycles. The van der Waals surface area contributed by atoms with Gasteiger partial charge in [0.2, 0.25) is 10.0 Å². The summed E-state index contributed by atoms with van der Waals surface area (Å²) in [6.07, 6.45) is 1.36. The fourth-order valence-electron chi connectivity index (χ4n) is 3.38. The second kappa shape index (κ2) is 9.20. The largest absolute Gasteiger partial charge is 0.387 e. The summed E-state index contributed by atoms with van der Waals surface area (Å²) in [6, 6.07) is 7.37. The van der Waals surface area contributed by atoms with Crippen LogP contribution in [-0.4, -0.2) is 43.4 Å². The van der Waals surface area contributed by atoms with E-state index in [1.807, 2.05) is 0 Å². The predicted octanol–water partition coefficient (Wildman–Crippen LogP) is 2.91. The van der Waals surface area contributed by atoms with Crippen LogP contribution in [0.15, 0.2) is 41.3 Å². The van der Waals surface area contributed by atoms with Crippen molar-refractivity contribution in [1.29, 1.82) is 0 Å². The number of aliphatic hydroxyl groups is 1. The Hall–Kier alpha value is -2.36. The van der Waals surface area contributed by atoms with Crippen molar-refractivity contribution in [2.45, 2.75) is 37.2 Å². The number of amides is 1. The van der Waals surface area contributed by atoms with E-state index in [1.165, 1.54) is 22.5 Å². The topological polar surface area (TPSA) is 86.7 Å². The maximum atomic E-state index is 13.3. The first-order chi connectivity index (χ1) is 14.2. The van der Waals surface area contributed by atoms with Crippen LogP contribution in [0.25, 0.3) is 0 Å².